The molecule has 0 amide bonds. The summed E-state index contributed by atoms with van der Waals surface area (Å²) in [5.41, 5.74) is 4.35. The van der Waals surface area contributed by atoms with Crippen LogP contribution in [0.1, 0.15) is 25.1 Å². The summed E-state index contributed by atoms with van der Waals surface area (Å²) in [4.78, 5) is 2.32. The Labute approximate surface area is 155 Å². The fourth-order valence-corrected chi connectivity index (χ4v) is 3.27. The highest BCUT2D eigenvalue weighted by atomic mass is 16.3. The Kier molecular flexibility index (Phi) is 6.21. The first-order valence-electron chi connectivity index (χ1n) is 9.16. The van der Waals surface area contributed by atoms with Gasteiger partial charge >= 0.3 is 0 Å². The highest BCUT2D eigenvalue weighted by Gasteiger charge is 2.22. The summed E-state index contributed by atoms with van der Waals surface area (Å²) in [6.07, 6.45) is 0. The molecule has 0 aliphatic rings. The molecule has 0 unspecified atom stereocenters. The lowest BCUT2D eigenvalue weighted by Crippen LogP contribution is -2.40. The van der Waals surface area contributed by atoms with E-state index in [4.69, 9.17) is 0 Å². The maximum absolute atomic E-state index is 9.94. The van der Waals surface area contributed by atoms with Gasteiger partial charge in [-0.05, 0) is 17.5 Å². The highest BCUT2D eigenvalue weighted by Crippen LogP contribution is 2.21. The first kappa shape index (κ1) is 18.4. The zero-order valence-corrected chi connectivity index (χ0v) is 15.5. The maximum atomic E-state index is 9.94. The molecule has 0 fully saturated rings. The van der Waals surface area contributed by atoms with Gasteiger partial charge in [0.15, 0.2) is 0 Å². The van der Waals surface area contributed by atoms with Gasteiger partial charge in [0, 0.05) is 30.4 Å². The van der Waals surface area contributed by atoms with E-state index in [2.05, 4.69) is 71.4 Å². The summed E-state index contributed by atoms with van der Waals surface area (Å²) < 4.78 is 0. The first-order valence-corrected chi connectivity index (χ1v) is 9.16. The molecule has 1 aromatic heterocycles. The van der Waals surface area contributed by atoms with Gasteiger partial charge < -0.3 is 5.11 Å². The predicted molar refractivity (Wildman–Crippen MR) is 105 cm³/mol. The van der Waals surface area contributed by atoms with Crippen molar-refractivity contribution < 1.29 is 5.11 Å². The van der Waals surface area contributed by atoms with Crippen LogP contribution in [0.2, 0.25) is 0 Å². The molecule has 0 aliphatic carbocycles. The number of nitrogens with one attached hydrogen (secondary N) is 1. The molecule has 0 saturated heterocycles. The molecule has 3 rings (SSSR count). The first-order chi connectivity index (χ1) is 12.7. The molecule has 2 N–H and O–H groups in total. The standard InChI is InChI=1S/C22H27N3O/c1-17(2)22(16-26)25(14-18-9-5-3-6-10-18)15-20-13-21(24-23-20)19-11-7-4-8-12-19/h3-13,17,22,26H,14-16H2,1-2H3,(H,23,24)/t22-/m0/s1. The molecule has 0 bridgehead atoms. The Balaban J connectivity index is 1.80. The van der Waals surface area contributed by atoms with E-state index in [0.717, 1.165) is 30.0 Å². The summed E-state index contributed by atoms with van der Waals surface area (Å²) in [5, 5.41) is 17.6. The predicted octanol–water partition coefficient (Wildman–Crippen LogP) is 4.10. The molecule has 4 heteroatoms. The number of H-pyrrole nitrogens is 1. The Morgan fingerprint density at radius 2 is 1.62 bits per heavy atom. The summed E-state index contributed by atoms with van der Waals surface area (Å²) in [7, 11) is 0. The number of nitrogens with zero attached hydrogens (tertiary/aromatic N) is 2. The normalized spacial score (nSPS) is 12.7. The molecule has 2 aromatic carbocycles. The largest absolute Gasteiger partial charge is 0.395 e. The number of aliphatic hydroxyl groups is 1. The summed E-state index contributed by atoms with van der Waals surface area (Å²) >= 11 is 0. The van der Waals surface area contributed by atoms with Crippen molar-refractivity contribution in [1.29, 1.82) is 0 Å². The van der Waals surface area contributed by atoms with Crippen molar-refractivity contribution >= 4 is 0 Å². The average Bonchev–Trinajstić information content (AvgIpc) is 3.12. The maximum Gasteiger partial charge on any atom is 0.0924 e. The minimum Gasteiger partial charge on any atom is -0.395 e. The third-order valence-electron chi connectivity index (χ3n) is 4.73. The molecular weight excluding hydrogens is 322 g/mol. The van der Waals surface area contributed by atoms with Gasteiger partial charge in [0.2, 0.25) is 0 Å². The van der Waals surface area contributed by atoms with Crippen LogP contribution in [-0.2, 0) is 13.1 Å². The van der Waals surface area contributed by atoms with E-state index < -0.39 is 0 Å². The van der Waals surface area contributed by atoms with Crippen LogP contribution in [0.15, 0.2) is 66.7 Å². The smallest absolute Gasteiger partial charge is 0.0924 e. The van der Waals surface area contributed by atoms with Crippen molar-refractivity contribution in [3.05, 3.63) is 78.0 Å². The van der Waals surface area contributed by atoms with Crippen LogP contribution in [0.3, 0.4) is 0 Å². The molecule has 3 aromatic rings. The lowest BCUT2D eigenvalue weighted by molar-refractivity contribution is 0.0774. The summed E-state index contributed by atoms with van der Waals surface area (Å²) in [6.45, 7) is 5.97. The Morgan fingerprint density at radius 1 is 0.962 bits per heavy atom. The number of aliphatic hydroxyl groups excluding tert-OH is 1. The second-order valence-corrected chi connectivity index (χ2v) is 7.03. The zero-order valence-electron chi connectivity index (χ0n) is 15.5. The van der Waals surface area contributed by atoms with Crippen LogP contribution in [0, 0.1) is 5.92 Å². The lowest BCUT2D eigenvalue weighted by Gasteiger charge is -2.33. The van der Waals surface area contributed by atoms with Crippen molar-refractivity contribution in [3.63, 3.8) is 0 Å². The minimum absolute atomic E-state index is 0.0960. The molecule has 0 aliphatic heterocycles. The fourth-order valence-electron chi connectivity index (χ4n) is 3.27. The van der Waals surface area contributed by atoms with Gasteiger partial charge in [-0.2, -0.15) is 5.10 Å². The molecular formula is C22H27N3O. The van der Waals surface area contributed by atoms with Crippen LogP contribution in [0.25, 0.3) is 11.3 Å². The summed E-state index contributed by atoms with van der Waals surface area (Å²) in [6, 6.07) is 22.8. The van der Waals surface area contributed by atoms with Crippen molar-refractivity contribution in [2.75, 3.05) is 6.61 Å². The Morgan fingerprint density at radius 3 is 2.23 bits per heavy atom. The third-order valence-corrected chi connectivity index (χ3v) is 4.73. The monoisotopic (exact) mass is 349 g/mol. The number of rotatable bonds is 8. The third kappa shape index (κ3) is 4.59. The van der Waals surface area contributed by atoms with Gasteiger partial charge in [0.05, 0.1) is 12.3 Å². The number of hydrogen-bond donors (Lipinski definition) is 2. The van der Waals surface area contributed by atoms with E-state index >= 15 is 0 Å². The van der Waals surface area contributed by atoms with Gasteiger partial charge in [0.1, 0.15) is 0 Å². The molecule has 0 radical (unpaired) electrons. The lowest BCUT2D eigenvalue weighted by atomic mass is 10.0. The van der Waals surface area contributed by atoms with Crippen molar-refractivity contribution in [2.45, 2.75) is 33.0 Å². The molecule has 4 nitrogen and oxygen atoms in total. The molecule has 0 saturated carbocycles. The molecule has 26 heavy (non-hydrogen) atoms. The van der Waals surface area contributed by atoms with Crippen LogP contribution in [0.5, 0.6) is 0 Å². The van der Waals surface area contributed by atoms with Crippen molar-refractivity contribution in [1.82, 2.24) is 15.1 Å². The van der Waals surface area contributed by atoms with E-state index in [1.165, 1.54) is 5.56 Å². The van der Waals surface area contributed by atoms with E-state index in [1.807, 2.05) is 24.3 Å². The van der Waals surface area contributed by atoms with Crippen LogP contribution >= 0.6 is 0 Å². The van der Waals surface area contributed by atoms with Crippen LogP contribution in [-0.4, -0.2) is 32.9 Å². The molecule has 0 spiro atoms. The number of aromatic amines is 1. The van der Waals surface area contributed by atoms with E-state index in [0.29, 0.717) is 5.92 Å². The van der Waals surface area contributed by atoms with Gasteiger partial charge in [-0.3, -0.25) is 10.00 Å². The highest BCUT2D eigenvalue weighted by molar-refractivity contribution is 5.58. The SMILES string of the molecule is CC(C)[C@H](CO)N(Cc1ccccc1)Cc1cc(-c2ccccc2)n[nH]1. The van der Waals surface area contributed by atoms with E-state index in [9.17, 15) is 5.11 Å². The quantitative estimate of drug-likeness (QED) is 0.644. The van der Waals surface area contributed by atoms with E-state index in [-0.39, 0.29) is 12.6 Å². The van der Waals surface area contributed by atoms with Crippen LogP contribution in [0.4, 0.5) is 0 Å². The van der Waals surface area contributed by atoms with Gasteiger partial charge in [0.25, 0.3) is 0 Å². The van der Waals surface area contributed by atoms with E-state index in [1.54, 1.807) is 0 Å². The molecule has 1 atom stereocenters. The molecule has 1 heterocycles. The zero-order chi connectivity index (χ0) is 18.4. The van der Waals surface area contributed by atoms with Crippen molar-refractivity contribution in [2.24, 2.45) is 5.92 Å². The number of aromatic nitrogens is 2. The summed E-state index contributed by atoms with van der Waals surface area (Å²) in [5.74, 6) is 0.361. The number of hydrogen-bond acceptors (Lipinski definition) is 3. The van der Waals surface area contributed by atoms with Crippen molar-refractivity contribution in [3.8, 4) is 11.3 Å². The Hall–Kier alpha value is -2.43. The second-order valence-electron chi connectivity index (χ2n) is 7.03. The number of benzene rings is 2. The fraction of sp³-hybridized carbons (Fsp3) is 0.318. The van der Waals surface area contributed by atoms with Gasteiger partial charge in [-0.15, -0.1) is 0 Å². The topological polar surface area (TPSA) is 52.1 Å². The Bertz CT molecular complexity index is 783. The van der Waals surface area contributed by atoms with Crippen LogP contribution < -0.4 is 0 Å². The molecule has 136 valence electrons. The minimum atomic E-state index is 0.0960. The van der Waals surface area contributed by atoms with Gasteiger partial charge in [-0.1, -0.05) is 74.5 Å². The average molecular weight is 349 g/mol. The second kappa shape index (κ2) is 8.79. The van der Waals surface area contributed by atoms with Gasteiger partial charge in [-0.25, -0.2) is 0 Å².